The first-order valence-electron chi connectivity index (χ1n) is 3.66. The Labute approximate surface area is 86.3 Å². The van der Waals surface area contributed by atoms with Crippen LogP contribution in [-0.2, 0) is 4.79 Å². The molecule has 0 spiro atoms. The van der Waals surface area contributed by atoms with Crippen LogP contribution in [0.15, 0.2) is 23.1 Å². The zero-order valence-electron chi connectivity index (χ0n) is 6.92. The summed E-state index contributed by atoms with van der Waals surface area (Å²) >= 11 is 9.69. The molecule has 0 aliphatic heterocycles. The fourth-order valence-corrected chi connectivity index (χ4v) is 1.49. The molecular formula is C9H8ClFOS. The van der Waals surface area contributed by atoms with Gasteiger partial charge < -0.3 is 0 Å². The van der Waals surface area contributed by atoms with E-state index in [0.717, 1.165) is 0 Å². The number of Topliss-reactive ketones (excluding diaryl/α,β-unsaturated/α-hetero) is 1. The lowest BCUT2D eigenvalue weighted by Gasteiger charge is -2.08. The fourth-order valence-electron chi connectivity index (χ4n) is 0.956. The molecule has 0 saturated heterocycles. The van der Waals surface area contributed by atoms with Gasteiger partial charge in [-0.2, -0.15) is 0 Å². The van der Waals surface area contributed by atoms with E-state index in [1.54, 1.807) is 6.07 Å². The van der Waals surface area contributed by atoms with Crippen LogP contribution >= 0.6 is 24.2 Å². The second-order valence-corrected chi connectivity index (χ2v) is 3.53. The Bertz CT molecular complexity index is 340. The van der Waals surface area contributed by atoms with Crippen LogP contribution in [0.2, 0.25) is 0 Å². The van der Waals surface area contributed by atoms with Crippen LogP contribution in [0, 0.1) is 5.82 Å². The normalized spacial score (nSPS) is 12.6. The lowest BCUT2D eigenvalue weighted by atomic mass is 10.1. The minimum Gasteiger partial charge on any atom is -0.298 e. The molecule has 0 saturated carbocycles. The second kappa shape index (κ2) is 4.11. The van der Waals surface area contributed by atoms with E-state index in [4.69, 9.17) is 11.6 Å². The van der Waals surface area contributed by atoms with E-state index < -0.39 is 11.2 Å². The molecule has 1 rings (SSSR count). The summed E-state index contributed by atoms with van der Waals surface area (Å²) in [5.41, 5.74) is 0.414. The first-order valence-corrected chi connectivity index (χ1v) is 4.54. The largest absolute Gasteiger partial charge is 0.298 e. The maximum atomic E-state index is 13.0. The number of halogens is 2. The van der Waals surface area contributed by atoms with Gasteiger partial charge >= 0.3 is 0 Å². The van der Waals surface area contributed by atoms with Crippen LogP contribution in [0.1, 0.15) is 17.9 Å². The summed E-state index contributed by atoms with van der Waals surface area (Å²) in [5.74, 6) is -0.685. The van der Waals surface area contributed by atoms with Crippen LogP contribution in [0.3, 0.4) is 0 Å². The SMILES string of the molecule is CC(=O)C(Cl)c1cccc(F)c1S. The predicted octanol–water partition coefficient (Wildman–Crippen LogP) is 2.98. The Morgan fingerprint density at radius 2 is 2.23 bits per heavy atom. The van der Waals surface area contributed by atoms with Crippen LogP contribution in [0.5, 0.6) is 0 Å². The van der Waals surface area contributed by atoms with Gasteiger partial charge in [0, 0.05) is 4.90 Å². The van der Waals surface area contributed by atoms with Crippen LogP contribution in [0.25, 0.3) is 0 Å². The number of hydrogen-bond acceptors (Lipinski definition) is 2. The zero-order valence-corrected chi connectivity index (χ0v) is 8.57. The molecule has 0 radical (unpaired) electrons. The van der Waals surface area contributed by atoms with Gasteiger partial charge in [-0.1, -0.05) is 12.1 Å². The van der Waals surface area contributed by atoms with Crippen LogP contribution in [0.4, 0.5) is 4.39 Å². The van der Waals surface area contributed by atoms with Crippen LogP contribution in [-0.4, -0.2) is 5.78 Å². The molecule has 4 heteroatoms. The van der Waals surface area contributed by atoms with Crippen molar-refractivity contribution in [3.8, 4) is 0 Å². The van der Waals surface area contributed by atoms with Gasteiger partial charge in [-0.3, -0.25) is 4.79 Å². The third-order valence-corrected chi connectivity index (χ3v) is 2.66. The van der Waals surface area contributed by atoms with Gasteiger partial charge in [0.15, 0.2) is 5.78 Å². The first kappa shape index (κ1) is 10.5. The van der Waals surface area contributed by atoms with Crippen molar-refractivity contribution in [2.24, 2.45) is 0 Å². The first-order chi connectivity index (χ1) is 6.04. The number of hydrogen-bond donors (Lipinski definition) is 1. The van der Waals surface area contributed by atoms with E-state index in [0.29, 0.717) is 5.56 Å². The minimum atomic E-state index is -0.816. The lowest BCUT2D eigenvalue weighted by Crippen LogP contribution is -2.03. The number of carbonyl (C=O) groups is 1. The topological polar surface area (TPSA) is 17.1 Å². The Balaban J connectivity index is 3.15. The highest BCUT2D eigenvalue weighted by Crippen LogP contribution is 2.28. The fraction of sp³-hybridized carbons (Fsp3) is 0.222. The van der Waals surface area contributed by atoms with Crippen molar-refractivity contribution in [2.45, 2.75) is 17.2 Å². The number of ketones is 1. The average molecular weight is 219 g/mol. The van der Waals surface area contributed by atoms with E-state index in [-0.39, 0.29) is 10.7 Å². The standard InChI is InChI=1S/C9H8ClFOS/c1-5(12)8(10)6-3-2-4-7(11)9(6)13/h2-4,8,13H,1H3. The van der Waals surface area contributed by atoms with Gasteiger partial charge in [-0.05, 0) is 18.6 Å². The predicted molar refractivity (Wildman–Crippen MR) is 52.9 cm³/mol. The summed E-state index contributed by atoms with van der Waals surface area (Å²) < 4.78 is 13.0. The smallest absolute Gasteiger partial charge is 0.152 e. The van der Waals surface area contributed by atoms with Gasteiger partial charge in [-0.15, -0.1) is 24.2 Å². The van der Waals surface area contributed by atoms with Crippen LogP contribution < -0.4 is 0 Å². The van der Waals surface area contributed by atoms with Gasteiger partial charge in [-0.25, -0.2) is 4.39 Å². The Kier molecular flexibility index (Phi) is 3.33. The molecule has 0 aliphatic carbocycles. The van der Waals surface area contributed by atoms with Crippen molar-refractivity contribution in [3.63, 3.8) is 0 Å². The summed E-state index contributed by atoms with van der Waals surface area (Å²) in [6.07, 6.45) is 0. The molecule has 1 nitrogen and oxygen atoms in total. The third-order valence-electron chi connectivity index (χ3n) is 1.65. The molecule has 0 N–H and O–H groups in total. The number of alkyl halides is 1. The summed E-state index contributed by atoms with van der Waals surface area (Å²) in [6, 6.07) is 4.36. The highest BCUT2D eigenvalue weighted by atomic mass is 35.5. The number of carbonyl (C=O) groups excluding carboxylic acids is 1. The Morgan fingerprint density at radius 3 is 2.77 bits per heavy atom. The maximum absolute atomic E-state index is 13.0. The number of rotatable bonds is 2. The van der Waals surface area contributed by atoms with Crippen molar-refractivity contribution >= 4 is 30.0 Å². The van der Waals surface area contributed by atoms with Gasteiger partial charge in [0.2, 0.25) is 0 Å². The molecule has 1 atom stereocenters. The molecule has 0 bridgehead atoms. The highest BCUT2D eigenvalue weighted by Gasteiger charge is 2.17. The zero-order chi connectivity index (χ0) is 10.0. The van der Waals surface area contributed by atoms with E-state index in [1.165, 1.54) is 19.1 Å². The summed E-state index contributed by atoms with van der Waals surface area (Å²) in [6.45, 7) is 1.36. The summed E-state index contributed by atoms with van der Waals surface area (Å²) in [4.78, 5) is 11.1. The molecule has 0 fully saturated rings. The molecule has 13 heavy (non-hydrogen) atoms. The molecule has 0 amide bonds. The van der Waals surface area contributed by atoms with E-state index in [1.807, 2.05) is 0 Å². The molecular weight excluding hydrogens is 211 g/mol. The van der Waals surface area contributed by atoms with Crippen molar-refractivity contribution < 1.29 is 9.18 Å². The van der Waals surface area contributed by atoms with Crippen molar-refractivity contribution in [1.82, 2.24) is 0 Å². The molecule has 0 aromatic heterocycles. The molecule has 0 heterocycles. The lowest BCUT2D eigenvalue weighted by molar-refractivity contribution is -0.116. The molecule has 1 aromatic carbocycles. The number of thiol groups is 1. The molecule has 70 valence electrons. The second-order valence-electron chi connectivity index (χ2n) is 2.65. The monoisotopic (exact) mass is 218 g/mol. The van der Waals surface area contributed by atoms with Crippen molar-refractivity contribution in [1.29, 1.82) is 0 Å². The van der Waals surface area contributed by atoms with Crippen molar-refractivity contribution in [3.05, 3.63) is 29.6 Å². The summed E-state index contributed by atoms with van der Waals surface area (Å²) in [5, 5.41) is -0.816. The minimum absolute atomic E-state index is 0.137. The summed E-state index contributed by atoms with van der Waals surface area (Å²) in [7, 11) is 0. The molecule has 0 aliphatic rings. The van der Waals surface area contributed by atoms with E-state index in [2.05, 4.69) is 12.6 Å². The van der Waals surface area contributed by atoms with E-state index >= 15 is 0 Å². The van der Waals surface area contributed by atoms with E-state index in [9.17, 15) is 9.18 Å². The molecule has 1 aromatic rings. The number of benzene rings is 1. The highest BCUT2D eigenvalue weighted by molar-refractivity contribution is 7.80. The third kappa shape index (κ3) is 2.23. The van der Waals surface area contributed by atoms with Gasteiger partial charge in [0.1, 0.15) is 11.2 Å². The van der Waals surface area contributed by atoms with Gasteiger partial charge in [0.05, 0.1) is 0 Å². The molecule has 1 unspecified atom stereocenters. The van der Waals surface area contributed by atoms with Crippen molar-refractivity contribution in [2.75, 3.05) is 0 Å². The quantitative estimate of drug-likeness (QED) is 0.597. The Morgan fingerprint density at radius 1 is 1.62 bits per heavy atom. The average Bonchev–Trinajstić information content (AvgIpc) is 2.08. The maximum Gasteiger partial charge on any atom is 0.152 e. The Hall–Kier alpha value is -0.540. The van der Waals surface area contributed by atoms with Gasteiger partial charge in [0.25, 0.3) is 0 Å².